The Morgan fingerprint density at radius 2 is 1.61 bits per heavy atom. The molecule has 2 atom stereocenters. The number of amides is 2. The quantitative estimate of drug-likeness (QED) is 0.502. The van der Waals surface area contributed by atoms with Crippen LogP contribution in [-0.2, 0) is 6.54 Å². The molecule has 196 valence electrons. The van der Waals surface area contributed by atoms with E-state index in [0.29, 0.717) is 35.6 Å². The molecule has 0 radical (unpaired) electrons. The van der Waals surface area contributed by atoms with E-state index in [9.17, 15) is 14.0 Å². The van der Waals surface area contributed by atoms with Crippen LogP contribution in [0.15, 0.2) is 73.2 Å². The number of nitrogens with zero attached hydrogens (tertiary/aromatic N) is 5. The molecule has 2 aromatic heterocycles. The molecular weight excluding hydrogens is 483 g/mol. The maximum absolute atomic E-state index is 14.8. The van der Waals surface area contributed by atoms with Crippen molar-refractivity contribution in [2.75, 3.05) is 36.4 Å². The van der Waals surface area contributed by atoms with E-state index in [1.807, 2.05) is 43.0 Å². The summed E-state index contributed by atoms with van der Waals surface area (Å²) >= 11 is 0. The first-order valence-corrected chi connectivity index (χ1v) is 12.8. The number of hydrogen-bond donors (Lipinski definition) is 1. The third kappa shape index (κ3) is 5.37. The molecule has 0 bridgehead atoms. The molecule has 2 aliphatic rings. The van der Waals surface area contributed by atoms with Gasteiger partial charge in [-0.3, -0.25) is 14.6 Å². The van der Waals surface area contributed by atoms with Crippen molar-refractivity contribution in [3.05, 3.63) is 95.7 Å². The molecule has 1 aromatic carbocycles. The number of halogens is 1. The summed E-state index contributed by atoms with van der Waals surface area (Å²) in [5.74, 6) is -0.154. The van der Waals surface area contributed by atoms with Gasteiger partial charge in [-0.1, -0.05) is 18.2 Å². The Morgan fingerprint density at radius 1 is 0.921 bits per heavy atom. The van der Waals surface area contributed by atoms with Crippen molar-refractivity contribution in [2.45, 2.75) is 32.5 Å². The highest BCUT2D eigenvalue weighted by Crippen LogP contribution is 2.22. The van der Waals surface area contributed by atoms with E-state index < -0.39 is 5.82 Å². The Hall–Kier alpha value is -4.27. The lowest BCUT2D eigenvalue weighted by atomic mass is 10.1. The molecule has 1 N–H and O–H groups in total. The van der Waals surface area contributed by atoms with Crippen LogP contribution in [0.1, 0.15) is 40.1 Å². The second-order valence-corrected chi connectivity index (χ2v) is 9.66. The minimum absolute atomic E-state index is 0.0144. The number of carbonyl (C=O) groups is 2. The Kier molecular flexibility index (Phi) is 7.35. The van der Waals surface area contributed by atoms with Crippen LogP contribution in [0.25, 0.3) is 0 Å². The average Bonchev–Trinajstić information content (AvgIpc) is 3.29. The summed E-state index contributed by atoms with van der Waals surface area (Å²) in [5.41, 5.74) is 2.38. The summed E-state index contributed by atoms with van der Waals surface area (Å²) in [7, 11) is 0. The van der Waals surface area contributed by atoms with Gasteiger partial charge in [0.1, 0.15) is 11.6 Å². The Balaban J connectivity index is 1.14. The van der Waals surface area contributed by atoms with Crippen molar-refractivity contribution in [1.82, 2.24) is 19.8 Å². The summed E-state index contributed by atoms with van der Waals surface area (Å²) in [4.78, 5) is 40.0. The van der Waals surface area contributed by atoms with E-state index in [0.717, 1.165) is 18.8 Å². The minimum atomic E-state index is -0.450. The van der Waals surface area contributed by atoms with Crippen LogP contribution in [0.3, 0.4) is 0 Å². The summed E-state index contributed by atoms with van der Waals surface area (Å²) in [6.07, 6.45) is 9.05. The summed E-state index contributed by atoms with van der Waals surface area (Å²) in [6, 6.07) is 11.9. The maximum Gasteiger partial charge on any atom is 0.255 e. The lowest BCUT2D eigenvalue weighted by Crippen LogP contribution is -2.48. The van der Waals surface area contributed by atoms with E-state index in [1.165, 1.54) is 6.07 Å². The van der Waals surface area contributed by atoms with Gasteiger partial charge >= 0.3 is 0 Å². The van der Waals surface area contributed by atoms with Crippen LogP contribution in [0, 0.1) is 5.82 Å². The van der Waals surface area contributed by atoms with Gasteiger partial charge < -0.3 is 20.0 Å². The van der Waals surface area contributed by atoms with E-state index >= 15 is 0 Å². The van der Waals surface area contributed by atoms with Gasteiger partial charge in [-0.05, 0) is 50.2 Å². The number of benzene rings is 1. The Bertz CT molecular complexity index is 1310. The highest BCUT2D eigenvalue weighted by atomic mass is 19.1. The molecule has 1 saturated heterocycles. The fourth-order valence-electron chi connectivity index (χ4n) is 4.94. The number of anilines is 2. The third-order valence-corrected chi connectivity index (χ3v) is 7.15. The van der Waals surface area contributed by atoms with Crippen molar-refractivity contribution in [2.24, 2.45) is 0 Å². The zero-order valence-electron chi connectivity index (χ0n) is 21.5. The van der Waals surface area contributed by atoms with Gasteiger partial charge in [0, 0.05) is 80.2 Å². The largest absolute Gasteiger partial charge is 0.368 e. The molecule has 1 fully saturated rings. The van der Waals surface area contributed by atoms with Gasteiger partial charge in [-0.2, -0.15) is 0 Å². The number of rotatable bonds is 6. The minimum Gasteiger partial charge on any atom is -0.368 e. The summed E-state index contributed by atoms with van der Waals surface area (Å²) in [6.45, 7) is 6.87. The monoisotopic (exact) mass is 514 g/mol. The van der Waals surface area contributed by atoms with Gasteiger partial charge in [0.05, 0.1) is 5.56 Å². The number of aromatic nitrogens is 2. The predicted molar refractivity (Wildman–Crippen MR) is 145 cm³/mol. The first-order chi connectivity index (χ1) is 18.4. The highest BCUT2D eigenvalue weighted by molar-refractivity contribution is 5.95. The molecular formula is C29H31FN6O2. The summed E-state index contributed by atoms with van der Waals surface area (Å²) in [5, 5.41) is 3.10. The number of carbonyl (C=O) groups excluding carboxylic acids is 2. The van der Waals surface area contributed by atoms with Gasteiger partial charge in [-0.25, -0.2) is 9.37 Å². The molecule has 38 heavy (non-hydrogen) atoms. The second-order valence-electron chi connectivity index (χ2n) is 9.66. The normalized spacial score (nSPS) is 19.1. The Labute approximate surface area is 221 Å². The number of piperazine rings is 1. The SMILES string of the molecule is CC1C=CC(C)N1C(=O)c1ccc(CNc2ccc(C(=O)N3CCN(c4ccncc4)CC3)cn2)c(F)c1. The van der Waals surface area contributed by atoms with Crippen LogP contribution in [0.2, 0.25) is 0 Å². The molecule has 0 aliphatic carbocycles. The highest BCUT2D eigenvalue weighted by Gasteiger charge is 2.28. The van der Waals surface area contributed by atoms with Crippen molar-refractivity contribution in [3.63, 3.8) is 0 Å². The van der Waals surface area contributed by atoms with Gasteiger partial charge in [0.25, 0.3) is 11.8 Å². The van der Waals surface area contributed by atoms with Gasteiger partial charge in [0.15, 0.2) is 0 Å². The molecule has 5 rings (SSSR count). The summed E-state index contributed by atoms with van der Waals surface area (Å²) < 4.78 is 14.8. The molecule has 8 nitrogen and oxygen atoms in total. The van der Waals surface area contributed by atoms with Crippen molar-refractivity contribution >= 4 is 23.3 Å². The molecule has 2 amide bonds. The van der Waals surface area contributed by atoms with Crippen LogP contribution < -0.4 is 10.2 Å². The van der Waals surface area contributed by atoms with Crippen LogP contribution in [0.5, 0.6) is 0 Å². The smallest absolute Gasteiger partial charge is 0.255 e. The fourth-order valence-corrected chi connectivity index (χ4v) is 4.94. The third-order valence-electron chi connectivity index (χ3n) is 7.15. The molecule has 0 spiro atoms. The van der Waals surface area contributed by atoms with Crippen molar-refractivity contribution in [1.29, 1.82) is 0 Å². The second kappa shape index (κ2) is 11.0. The zero-order chi connectivity index (χ0) is 26.6. The zero-order valence-corrected chi connectivity index (χ0v) is 21.5. The van der Waals surface area contributed by atoms with Crippen molar-refractivity contribution < 1.29 is 14.0 Å². The van der Waals surface area contributed by atoms with E-state index in [4.69, 9.17) is 0 Å². The molecule has 0 saturated carbocycles. The number of hydrogen-bond acceptors (Lipinski definition) is 6. The standard InChI is InChI=1S/C29H31FN6O2/c1-20-3-4-21(2)36(20)29(38)22-5-6-23(26(30)17-22)18-32-27-8-7-24(19-33-27)28(37)35-15-13-34(14-16-35)25-9-11-31-12-10-25/h3-12,17,19-21H,13-16,18H2,1-2H3,(H,32,33). The van der Waals surface area contributed by atoms with E-state index in [-0.39, 0.29) is 30.4 Å². The maximum atomic E-state index is 14.8. The molecule has 2 unspecified atom stereocenters. The fraction of sp³-hybridized carbons (Fsp3) is 0.310. The molecule has 2 aliphatic heterocycles. The van der Waals surface area contributed by atoms with Crippen LogP contribution in [-0.4, -0.2) is 69.8 Å². The Morgan fingerprint density at radius 3 is 2.24 bits per heavy atom. The number of nitrogens with one attached hydrogen (secondary N) is 1. The number of pyridine rings is 2. The lowest BCUT2D eigenvalue weighted by molar-refractivity contribution is 0.0707. The molecule has 4 heterocycles. The first-order valence-electron chi connectivity index (χ1n) is 12.8. The molecule has 3 aromatic rings. The lowest BCUT2D eigenvalue weighted by Gasteiger charge is -2.36. The van der Waals surface area contributed by atoms with Gasteiger partial charge in [-0.15, -0.1) is 0 Å². The van der Waals surface area contributed by atoms with E-state index in [2.05, 4.69) is 20.2 Å². The van der Waals surface area contributed by atoms with Gasteiger partial charge in [0.2, 0.25) is 0 Å². The average molecular weight is 515 g/mol. The van der Waals surface area contributed by atoms with Crippen LogP contribution in [0.4, 0.5) is 15.9 Å². The first kappa shape index (κ1) is 25.4. The predicted octanol–water partition coefficient (Wildman–Crippen LogP) is 3.98. The molecule has 9 heteroatoms. The van der Waals surface area contributed by atoms with Crippen LogP contribution >= 0.6 is 0 Å². The topological polar surface area (TPSA) is 81.7 Å². The van der Waals surface area contributed by atoms with Crippen molar-refractivity contribution in [3.8, 4) is 0 Å². The van der Waals surface area contributed by atoms with E-state index in [1.54, 1.807) is 47.8 Å².